The fourth-order valence-corrected chi connectivity index (χ4v) is 4.65. The van der Waals surface area contributed by atoms with E-state index in [-0.39, 0.29) is 23.2 Å². The van der Waals surface area contributed by atoms with E-state index in [1.165, 1.54) is 19.1 Å². The van der Waals surface area contributed by atoms with Crippen LogP contribution in [0.1, 0.15) is 36.1 Å². The van der Waals surface area contributed by atoms with Gasteiger partial charge in [0.15, 0.2) is 11.5 Å². The van der Waals surface area contributed by atoms with Gasteiger partial charge in [-0.2, -0.15) is 0 Å². The summed E-state index contributed by atoms with van der Waals surface area (Å²) in [5.74, 6) is 0.982. The quantitative estimate of drug-likeness (QED) is 0.501. The Balaban J connectivity index is 1.89. The predicted molar refractivity (Wildman–Crippen MR) is 136 cm³/mol. The minimum atomic E-state index is -0.378. The standard InChI is InChI=1S/C28H29FN2O5/c1-16(32)31-22-11-7-18-13-25(34-2)27(35-3)28(36-4)26(18)20-10-12-23(24(33)14-21(20)22)30-15-17-5-8-19(29)9-6-17/h5-6,8-10,12-14,22H,7,11,15H2,1-4H3,(H,30,33)(H,31,32)/t22-/m0/s1. The smallest absolute Gasteiger partial charge is 0.217 e. The molecule has 0 radical (unpaired) electrons. The largest absolute Gasteiger partial charge is 0.493 e. The summed E-state index contributed by atoms with van der Waals surface area (Å²) in [6.45, 7) is 1.81. The second kappa shape index (κ2) is 10.7. The molecule has 0 aromatic heterocycles. The van der Waals surface area contributed by atoms with Crippen LogP contribution in [0.3, 0.4) is 0 Å². The maximum atomic E-state index is 13.3. The molecule has 1 aliphatic rings. The number of carbonyl (C=O) groups is 1. The van der Waals surface area contributed by atoms with E-state index in [1.807, 2.05) is 12.1 Å². The molecule has 188 valence electrons. The zero-order chi connectivity index (χ0) is 25.8. The predicted octanol–water partition coefficient (Wildman–Crippen LogP) is 4.61. The van der Waals surface area contributed by atoms with E-state index in [0.29, 0.717) is 47.9 Å². The van der Waals surface area contributed by atoms with E-state index >= 15 is 0 Å². The van der Waals surface area contributed by atoms with Crippen molar-refractivity contribution in [2.24, 2.45) is 0 Å². The van der Waals surface area contributed by atoms with Crippen molar-refractivity contribution in [3.05, 3.63) is 81.3 Å². The number of nitrogens with one attached hydrogen (secondary N) is 2. The first-order valence-electron chi connectivity index (χ1n) is 11.6. The van der Waals surface area contributed by atoms with Crippen LogP contribution in [0.4, 0.5) is 10.1 Å². The molecule has 0 bridgehead atoms. The Morgan fingerprint density at radius 3 is 2.36 bits per heavy atom. The van der Waals surface area contributed by atoms with Crippen LogP contribution >= 0.6 is 0 Å². The van der Waals surface area contributed by atoms with E-state index in [0.717, 1.165) is 22.3 Å². The van der Waals surface area contributed by atoms with Crippen LogP contribution in [0, 0.1) is 5.82 Å². The summed E-state index contributed by atoms with van der Waals surface area (Å²) in [7, 11) is 4.67. The van der Waals surface area contributed by atoms with Gasteiger partial charge < -0.3 is 24.8 Å². The number of hydrogen-bond donors (Lipinski definition) is 2. The molecule has 1 atom stereocenters. The van der Waals surface area contributed by atoms with Crippen molar-refractivity contribution in [1.29, 1.82) is 0 Å². The molecule has 1 amide bonds. The maximum absolute atomic E-state index is 13.3. The molecule has 0 fully saturated rings. The van der Waals surface area contributed by atoms with Gasteiger partial charge in [-0.15, -0.1) is 0 Å². The number of hydrogen-bond acceptors (Lipinski definition) is 6. The van der Waals surface area contributed by atoms with Crippen LogP contribution < -0.4 is 30.3 Å². The average molecular weight is 493 g/mol. The SMILES string of the molecule is COc1cc2c(c(OC)c1OC)-c1ccc(NCc3ccc(F)cc3)c(=O)cc1[C@@H](NC(C)=O)CC2. The number of rotatable bonds is 7. The van der Waals surface area contributed by atoms with E-state index in [9.17, 15) is 14.0 Å². The Labute approximate surface area is 209 Å². The molecule has 36 heavy (non-hydrogen) atoms. The lowest BCUT2D eigenvalue weighted by molar-refractivity contribution is -0.119. The summed E-state index contributed by atoms with van der Waals surface area (Å²) < 4.78 is 30.2. The zero-order valence-corrected chi connectivity index (χ0v) is 20.7. The highest BCUT2D eigenvalue weighted by Crippen LogP contribution is 2.50. The van der Waals surface area contributed by atoms with Gasteiger partial charge in [-0.25, -0.2) is 4.39 Å². The fourth-order valence-electron chi connectivity index (χ4n) is 4.65. The third-order valence-corrected chi connectivity index (χ3v) is 6.31. The van der Waals surface area contributed by atoms with Gasteiger partial charge in [0.2, 0.25) is 17.1 Å². The van der Waals surface area contributed by atoms with E-state index < -0.39 is 0 Å². The molecule has 0 spiro atoms. The maximum Gasteiger partial charge on any atom is 0.217 e. The van der Waals surface area contributed by atoms with Gasteiger partial charge in [-0.1, -0.05) is 18.2 Å². The van der Waals surface area contributed by atoms with Crippen molar-refractivity contribution in [1.82, 2.24) is 5.32 Å². The third-order valence-electron chi connectivity index (χ3n) is 6.31. The summed E-state index contributed by atoms with van der Waals surface area (Å²) in [6.07, 6.45) is 1.21. The van der Waals surface area contributed by atoms with Crippen LogP contribution in [0.15, 0.2) is 53.3 Å². The van der Waals surface area contributed by atoms with Gasteiger partial charge in [0.25, 0.3) is 0 Å². The van der Waals surface area contributed by atoms with Crippen molar-refractivity contribution in [3.63, 3.8) is 0 Å². The molecular formula is C28H29FN2O5. The van der Waals surface area contributed by atoms with Gasteiger partial charge in [0.1, 0.15) is 5.82 Å². The Hall–Kier alpha value is -4.07. The summed E-state index contributed by atoms with van der Waals surface area (Å²) in [4.78, 5) is 25.3. The zero-order valence-electron chi connectivity index (χ0n) is 20.7. The Morgan fingerprint density at radius 2 is 1.72 bits per heavy atom. The Kier molecular flexibility index (Phi) is 7.43. The minimum absolute atomic E-state index is 0.187. The highest BCUT2D eigenvalue weighted by atomic mass is 19.1. The topological polar surface area (TPSA) is 85.9 Å². The molecule has 0 saturated carbocycles. The normalized spacial score (nSPS) is 14.1. The van der Waals surface area contributed by atoms with Crippen LogP contribution in [-0.2, 0) is 17.8 Å². The van der Waals surface area contributed by atoms with Crippen molar-refractivity contribution >= 4 is 11.6 Å². The molecule has 7 nitrogen and oxygen atoms in total. The lowest BCUT2D eigenvalue weighted by Crippen LogP contribution is -2.26. The van der Waals surface area contributed by atoms with Gasteiger partial charge >= 0.3 is 0 Å². The number of ether oxygens (including phenoxy) is 3. The second-order valence-electron chi connectivity index (χ2n) is 8.58. The van der Waals surface area contributed by atoms with Crippen LogP contribution in [0.25, 0.3) is 11.1 Å². The van der Waals surface area contributed by atoms with Gasteiger partial charge in [-0.05, 0) is 65.4 Å². The molecule has 3 aromatic carbocycles. The number of aryl methyl sites for hydroxylation is 1. The molecular weight excluding hydrogens is 463 g/mol. The molecule has 0 aliphatic heterocycles. The number of fused-ring (bicyclic) bond motifs is 3. The first-order chi connectivity index (χ1) is 17.4. The monoisotopic (exact) mass is 492 g/mol. The first kappa shape index (κ1) is 25.0. The summed E-state index contributed by atoms with van der Waals surface area (Å²) in [5, 5.41) is 6.15. The van der Waals surface area contributed by atoms with E-state index in [1.54, 1.807) is 45.6 Å². The summed E-state index contributed by atoms with van der Waals surface area (Å²) in [5.41, 5.74) is 4.19. The lowest BCUT2D eigenvalue weighted by atomic mass is 9.95. The number of halogens is 1. The summed E-state index contributed by atoms with van der Waals surface area (Å²) >= 11 is 0. The fraction of sp³-hybridized carbons (Fsp3) is 0.286. The molecule has 0 saturated heterocycles. The lowest BCUT2D eigenvalue weighted by Gasteiger charge is -2.19. The van der Waals surface area contributed by atoms with Crippen LogP contribution in [0.2, 0.25) is 0 Å². The number of benzene rings is 2. The van der Waals surface area contributed by atoms with Crippen LogP contribution in [-0.4, -0.2) is 27.2 Å². The number of carbonyl (C=O) groups excluding carboxylic acids is 1. The summed E-state index contributed by atoms with van der Waals surface area (Å²) in [6, 6.07) is 12.8. The molecule has 3 aromatic rings. The van der Waals surface area contributed by atoms with Crippen molar-refractivity contribution in [2.75, 3.05) is 26.6 Å². The number of amides is 1. The molecule has 2 N–H and O–H groups in total. The molecule has 4 rings (SSSR count). The minimum Gasteiger partial charge on any atom is -0.493 e. The highest BCUT2D eigenvalue weighted by Gasteiger charge is 2.29. The number of anilines is 1. The first-order valence-corrected chi connectivity index (χ1v) is 11.6. The van der Waals surface area contributed by atoms with Crippen molar-refractivity contribution in [3.8, 4) is 28.4 Å². The van der Waals surface area contributed by atoms with Gasteiger partial charge in [0, 0.05) is 19.0 Å². The van der Waals surface area contributed by atoms with Crippen molar-refractivity contribution < 1.29 is 23.4 Å². The van der Waals surface area contributed by atoms with E-state index in [4.69, 9.17) is 14.2 Å². The highest BCUT2D eigenvalue weighted by molar-refractivity contribution is 5.83. The van der Waals surface area contributed by atoms with E-state index in [2.05, 4.69) is 10.6 Å². The number of methoxy groups -OCH3 is 3. The van der Waals surface area contributed by atoms with Gasteiger partial charge in [-0.3, -0.25) is 9.59 Å². The molecule has 0 unspecified atom stereocenters. The Morgan fingerprint density at radius 1 is 1.00 bits per heavy atom. The average Bonchev–Trinajstić information content (AvgIpc) is 3.11. The van der Waals surface area contributed by atoms with Crippen molar-refractivity contribution in [2.45, 2.75) is 32.4 Å². The van der Waals surface area contributed by atoms with Crippen LogP contribution in [0.5, 0.6) is 17.2 Å². The molecule has 0 heterocycles. The molecule has 8 heteroatoms. The molecule has 1 aliphatic carbocycles. The van der Waals surface area contributed by atoms with Gasteiger partial charge in [0.05, 0.1) is 33.1 Å². The third kappa shape index (κ3) is 4.98. The Bertz CT molecular complexity index is 1340. The second-order valence-corrected chi connectivity index (χ2v) is 8.58.